The Hall–Kier alpha value is -2.53. The Morgan fingerprint density at radius 3 is 2.43 bits per heavy atom. The number of esters is 1. The number of methoxy groups -OCH3 is 1. The number of para-hydroxylation sites is 1. The number of hydrogen-bond acceptors (Lipinski definition) is 4. The molecule has 2 aromatic rings. The van der Waals surface area contributed by atoms with Gasteiger partial charge in [-0.1, -0.05) is 23.7 Å². The molecule has 0 fully saturated rings. The Bertz CT molecular complexity index is 686. The van der Waals surface area contributed by atoms with Crippen molar-refractivity contribution >= 4 is 34.9 Å². The fourth-order valence-corrected chi connectivity index (χ4v) is 2.15. The normalized spacial score (nSPS) is 10.0. The van der Waals surface area contributed by atoms with E-state index in [9.17, 15) is 9.59 Å². The topological polar surface area (TPSA) is 67.4 Å². The van der Waals surface area contributed by atoms with E-state index in [0.29, 0.717) is 29.2 Å². The van der Waals surface area contributed by atoms with Crippen LogP contribution in [-0.4, -0.2) is 25.5 Å². The molecular formula is C17H17ClN2O3. The zero-order valence-corrected chi connectivity index (χ0v) is 13.4. The highest BCUT2D eigenvalue weighted by molar-refractivity contribution is 6.33. The van der Waals surface area contributed by atoms with Crippen molar-refractivity contribution in [2.24, 2.45) is 0 Å². The number of nitrogens with one attached hydrogen (secondary N) is 2. The molecule has 0 saturated carbocycles. The largest absolute Gasteiger partial charge is 0.465 e. The summed E-state index contributed by atoms with van der Waals surface area (Å²) in [6.45, 7) is 0.468. The van der Waals surface area contributed by atoms with Crippen molar-refractivity contribution in [3.05, 3.63) is 59.1 Å². The first-order valence-electron chi connectivity index (χ1n) is 7.07. The molecule has 0 aliphatic heterocycles. The monoisotopic (exact) mass is 332 g/mol. The lowest BCUT2D eigenvalue weighted by Crippen LogP contribution is -2.16. The van der Waals surface area contributed by atoms with E-state index in [4.69, 9.17) is 11.6 Å². The van der Waals surface area contributed by atoms with Crippen LogP contribution in [0.4, 0.5) is 11.4 Å². The summed E-state index contributed by atoms with van der Waals surface area (Å²) in [6.07, 6.45) is 0.296. The third-order valence-corrected chi connectivity index (χ3v) is 3.46. The van der Waals surface area contributed by atoms with Crippen LogP contribution in [0.25, 0.3) is 0 Å². The van der Waals surface area contributed by atoms with Gasteiger partial charge in [-0.3, -0.25) is 4.79 Å². The van der Waals surface area contributed by atoms with E-state index in [0.717, 1.165) is 5.69 Å². The third-order valence-electron chi connectivity index (χ3n) is 3.13. The maximum atomic E-state index is 11.9. The molecule has 0 aliphatic carbocycles. The number of benzene rings is 2. The van der Waals surface area contributed by atoms with Gasteiger partial charge in [0.15, 0.2) is 0 Å². The summed E-state index contributed by atoms with van der Waals surface area (Å²) >= 11 is 6.02. The molecule has 2 N–H and O–H groups in total. The minimum absolute atomic E-state index is 0.129. The number of halogens is 1. The summed E-state index contributed by atoms with van der Waals surface area (Å²) in [4.78, 5) is 23.2. The summed E-state index contributed by atoms with van der Waals surface area (Å²) in [5, 5.41) is 6.49. The van der Waals surface area contributed by atoms with Crippen molar-refractivity contribution in [2.75, 3.05) is 24.3 Å². The number of anilines is 2. The molecule has 0 aliphatic rings. The van der Waals surface area contributed by atoms with E-state index >= 15 is 0 Å². The third kappa shape index (κ3) is 5.00. The zero-order valence-electron chi connectivity index (χ0n) is 12.6. The molecule has 5 nitrogen and oxygen atoms in total. The zero-order chi connectivity index (χ0) is 16.7. The van der Waals surface area contributed by atoms with Crippen LogP contribution in [-0.2, 0) is 9.53 Å². The van der Waals surface area contributed by atoms with Gasteiger partial charge in [-0.05, 0) is 36.4 Å². The van der Waals surface area contributed by atoms with Crippen LogP contribution in [0.15, 0.2) is 48.5 Å². The van der Waals surface area contributed by atoms with E-state index in [1.165, 1.54) is 7.11 Å². The van der Waals surface area contributed by atoms with Crippen molar-refractivity contribution in [3.63, 3.8) is 0 Å². The lowest BCUT2D eigenvalue weighted by molar-refractivity contribution is -0.115. The van der Waals surface area contributed by atoms with Crippen molar-refractivity contribution in [1.29, 1.82) is 0 Å². The number of amides is 1. The van der Waals surface area contributed by atoms with Gasteiger partial charge in [-0.25, -0.2) is 4.79 Å². The van der Waals surface area contributed by atoms with Gasteiger partial charge in [0.2, 0.25) is 5.91 Å². The number of hydrogen-bond donors (Lipinski definition) is 2. The Morgan fingerprint density at radius 1 is 1.09 bits per heavy atom. The fraction of sp³-hybridized carbons (Fsp3) is 0.176. The second kappa shape index (κ2) is 8.19. The molecule has 0 saturated heterocycles. The Labute approximate surface area is 139 Å². The van der Waals surface area contributed by atoms with Gasteiger partial charge in [-0.15, -0.1) is 0 Å². The lowest BCUT2D eigenvalue weighted by atomic mass is 10.2. The van der Waals surface area contributed by atoms with Gasteiger partial charge < -0.3 is 15.4 Å². The summed E-state index contributed by atoms with van der Waals surface area (Å²) in [6, 6.07) is 13.9. The van der Waals surface area contributed by atoms with Crippen LogP contribution in [0.2, 0.25) is 5.02 Å². The van der Waals surface area contributed by atoms with Gasteiger partial charge in [0.25, 0.3) is 0 Å². The summed E-state index contributed by atoms with van der Waals surface area (Å²) in [5.41, 5.74) is 1.86. The molecule has 0 bridgehead atoms. The number of carbonyl (C=O) groups is 2. The molecule has 2 rings (SSSR count). The molecule has 23 heavy (non-hydrogen) atoms. The maximum absolute atomic E-state index is 11.9. The number of carbonyl (C=O) groups excluding carboxylic acids is 2. The van der Waals surface area contributed by atoms with Gasteiger partial charge in [0.05, 0.1) is 23.4 Å². The van der Waals surface area contributed by atoms with Crippen LogP contribution in [0.1, 0.15) is 16.8 Å². The first-order valence-corrected chi connectivity index (χ1v) is 7.44. The average molecular weight is 333 g/mol. The fourth-order valence-electron chi connectivity index (χ4n) is 1.95. The average Bonchev–Trinajstić information content (AvgIpc) is 2.56. The highest BCUT2D eigenvalue weighted by Crippen LogP contribution is 2.20. The molecule has 6 heteroatoms. The molecule has 120 valence electrons. The highest BCUT2D eigenvalue weighted by Gasteiger charge is 2.06. The standard InChI is InChI=1S/C17H17ClN2O3/c1-23-17(22)12-6-8-13(9-7-12)20-16(21)10-11-19-15-5-3-2-4-14(15)18/h2-9,19H,10-11H2,1H3,(H,20,21). The molecule has 0 spiro atoms. The number of ether oxygens (including phenoxy) is 1. The quantitative estimate of drug-likeness (QED) is 0.794. The van der Waals surface area contributed by atoms with Crippen LogP contribution < -0.4 is 10.6 Å². The van der Waals surface area contributed by atoms with Crippen LogP contribution in [0.5, 0.6) is 0 Å². The number of rotatable bonds is 6. The maximum Gasteiger partial charge on any atom is 0.337 e. The molecular weight excluding hydrogens is 316 g/mol. The molecule has 0 atom stereocenters. The first-order chi connectivity index (χ1) is 11.1. The molecule has 0 unspecified atom stereocenters. The van der Waals surface area contributed by atoms with Crippen LogP contribution in [0, 0.1) is 0 Å². The predicted octanol–water partition coefficient (Wildman–Crippen LogP) is 3.57. The molecule has 0 aromatic heterocycles. The van der Waals surface area contributed by atoms with E-state index in [1.54, 1.807) is 30.3 Å². The molecule has 0 radical (unpaired) electrons. The van der Waals surface area contributed by atoms with Gasteiger partial charge in [0.1, 0.15) is 0 Å². The predicted molar refractivity (Wildman–Crippen MR) is 91.0 cm³/mol. The van der Waals surface area contributed by atoms with E-state index in [-0.39, 0.29) is 5.91 Å². The second-order valence-electron chi connectivity index (χ2n) is 4.77. The van der Waals surface area contributed by atoms with Crippen molar-refractivity contribution in [1.82, 2.24) is 0 Å². The van der Waals surface area contributed by atoms with Crippen LogP contribution >= 0.6 is 11.6 Å². The second-order valence-corrected chi connectivity index (χ2v) is 5.18. The van der Waals surface area contributed by atoms with E-state index in [2.05, 4.69) is 15.4 Å². The van der Waals surface area contributed by atoms with Gasteiger partial charge >= 0.3 is 5.97 Å². The van der Waals surface area contributed by atoms with Crippen molar-refractivity contribution < 1.29 is 14.3 Å². The van der Waals surface area contributed by atoms with Crippen LogP contribution in [0.3, 0.4) is 0 Å². The van der Waals surface area contributed by atoms with Gasteiger partial charge in [0, 0.05) is 18.7 Å². The SMILES string of the molecule is COC(=O)c1ccc(NC(=O)CCNc2ccccc2Cl)cc1. The molecule has 0 heterocycles. The summed E-state index contributed by atoms with van der Waals surface area (Å²) in [5.74, 6) is -0.540. The summed E-state index contributed by atoms with van der Waals surface area (Å²) in [7, 11) is 1.32. The smallest absolute Gasteiger partial charge is 0.337 e. The minimum atomic E-state index is -0.410. The van der Waals surface area contributed by atoms with Crippen molar-refractivity contribution in [3.8, 4) is 0 Å². The van der Waals surface area contributed by atoms with Crippen molar-refractivity contribution in [2.45, 2.75) is 6.42 Å². The lowest BCUT2D eigenvalue weighted by Gasteiger charge is -2.09. The Kier molecular flexibility index (Phi) is 6.00. The van der Waals surface area contributed by atoms with Gasteiger partial charge in [-0.2, -0.15) is 0 Å². The molecule has 1 amide bonds. The van der Waals surface area contributed by atoms with E-state index in [1.807, 2.05) is 18.2 Å². The Morgan fingerprint density at radius 2 is 1.78 bits per heavy atom. The molecule has 2 aromatic carbocycles. The van der Waals surface area contributed by atoms with E-state index < -0.39 is 5.97 Å². The minimum Gasteiger partial charge on any atom is -0.465 e. The highest BCUT2D eigenvalue weighted by atomic mass is 35.5. The first kappa shape index (κ1) is 16.8. The summed E-state index contributed by atoms with van der Waals surface area (Å²) < 4.78 is 4.62. The Balaban J connectivity index is 1.81.